The van der Waals surface area contributed by atoms with E-state index < -0.39 is 5.60 Å². The summed E-state index contributed by atoms with van der Waals surface area (Å²) < 4.78 is 7.56. The first-order chi connectivity index (χ1) is 8.52. The van der Waals surface area contributed by atoms with Crippen molar-refractivity contribution in [3.8, 4) is 0 Å². The number of aliphatic hydroxyl groups is 1. The van der Waals surface area contributed by atoms with Crippen LogP contribution in [-0.2, 0) is 11.2 Å². The third-order valence-electron chi connectivity index (χ3n) is 3.69. The first-order valence-electron chi connectivity index (χ1n) is 6.90. The van der Waals surface area contributed by atoms with E-state index >= 15 is 0 Å². The van der Waals surface area contributed by atoms with Gasteiger partial charge in [-0.25, -0.2) is 0 Å². The van der Waals surface area contributed by atoms with Crippen molar-refractivity contribution >= 4 is 0 Å². The molecule has 0 radical (unpaired) electrons. The fraction of sp³-hybridized carbons (Fsp3) is 0.786. The Morgan fingerprint density at radius 2 is 2.39 bits per heavy atom. The van der Waals surface area contributed by atoms with Gasteiger partial charge in [0.1, 0.15) is 0 Å². The average Bonchev–Trinajstić information content (AvgIpc) is 2.77. The van der Waals surface area contributed by atoms with Crippen molar-refractivity contribution in [1.82, 2.24) is 9.78 Å². The van der Waals surface area contributed by atoms with Crippen molar-refractivity contribution < 1.29 is 9.84 Å². The van der Waals surface area contributed by atoms with E-state index in [1.54, 1.807) is 0 Å². The van der Waals surface area contributed by atoms with E-state index in [2.05, 4.69) is 25.9 Å². The SMILES string of the molecule is CCC1CC(O)(Cc2ccn(C(C)C)n2)CCO1. The molecule has 1 N–H and O–H groups in total. The largest absolute Gasteiger partial charge is 0.389 e. The number of aromatic nitrogens is 2. The van der Waals surface area contributed by atoms with Crippen molar-refractivity contribution in [2.45, 2.75) is 64.2 Å². The summed E-state index contributed by atoms with van der Waals surface area (Å²) in [5.74, 6) is 0. The van der Waals surface area contributed by atoms with E-state index in [1.807, 2.05) is 16.9 Å². The van der Waals surface area contributed by atoms with Gasteiger partial charge in [0.05, 0.1) is 17.4 Å². The summed E-state index contributed by atoms with van der Waals surface area (Å²) in [5.41, 5.74) is 0.331. The van der Waals surface area contributed by atoms with Crippen LogP contribution < -0.4 is 0 Å². The van der Waals surface area contributed by atoms with E-state index in [4.69, 9.17) is 4.74 Å². The lowest BCUT2D eigenvalue weighted by atomic mass is 9.85. The van der Waals surface area contributed by atoms with Crippen molar-refractivity contribution in [3.05, 3.63) is 18.0 Å². The standard InChI is InChI=1S/C14H24N2O2/c1-4-13-10-14(17,6-8-18-13)9-12-5-7-16(15-12)11(2)3/h5,7,11,13,17H,4,6,8-10H2,1-3H3. The summed E-state index contributed by atoms with van der Waals surface area (Å²) in [5, 5.41) is 15.2. The van der Waals surface area contributed by atoms with Crippen LogP contribution in [0, 0.1) is 0 Å². The molecular formula is C14H24N2O2. The maximum Gasteiger partial charge on any atom is 0.0750 e. The van der Waals surface area contributed by atoms with E-state index in [1.165, 1.54) is 0 Å². The molecule has 2 unspecified atom stereocenters. The van der Waals surface area contributed by atoms with Crippen molar-refractivity contribution in [2.24, 2.45) is 0 Å². The summed E-state index contributed by atoms with van der Waals surface area (Å²) in [6, 6.07) is 2.38. The van der Waals surface area contributed by atoms with Gasteiger partial charge in [-0.15, -0.1) is 0 Å². The van der Waals surface area contributed by atoms with Gasteiger partial charge in [0.15, 0.2) is 0 Å². The second kappa shape index (κ2) is 5.41. The van der Waals surface area contributed by atoms with Crippen molar-refractivity contribution in [1.29, 1.82) is 0 Å². The van der Waals surface area contributed by atoms with E-state index in [0.29, 0.717) is 25.5 Å². The molecule has 2 heterocycles. The molecule has 1 aliphatic heterocycles. The smallest absolute Gasteiger partial charge is 0.0750 e. The van der Waals surface area contributed by atoms with Crippen LogP contribution in [0.3, 0.4) is 0 Å². The molecular weight excluding hydrogens is 228 g/mol. The highest BCUT2D eigenvalue weighted by Gasteiger charge is 2.35. The lowest BCUT2D eigenvalue weighted by molar-refractivity contribution is -0.103. The molecule has 2 atom stereocenters. The molecule has 0 bridgehead atoms. The Bertz CT molecular complexity index is 389. The molecule has 0 aliphatic carbocycles. The zero-order valence-electron chi connectivity index (χ0n) is 11.6. The lowest BCUT2D eigenvalue weighted by Gasteiger charge is -2.36. The number of nitrogens with zero attached hydrogens (tertiary/aromatic N) is 2. The van der Waals surface area contributed by atoms with Gasteiger partial charge in [-0.2, -0.15) is 5.10 Å². The molecule has 4 nitrogen and oxygen atoms in total. The molecule has 18 heavy (non-hydrogen) atoms. The maximum absolute atomic E-state index is 10.6. The number of rotatable bonds is 4. The summed E-state index contributed by atoms with van der Waals surface area (Å²) in [7, 11) is 0. The number of ether oxygens (including phenoxy) is 1. The minimum Gasteiger partial charge on any atom is -0.389 e. The van der Waals surface area contributed by atoms with Crippen LogP contribution >= 0.6 is 0 Å². The number of hydrogen-bond donors (Lipinski definition) is 1. The second-order valence-corrected chi connectivity index (χ2v) is 5.64. The first-order valence-corrected chi connectivity index (χ1v) is 6.90. The Labute approximate surface area is 109 Å². The minimum atomic E-state index is -0.644. The lowest BCUT2D eigenvalue weighted by Crippen LogP contribution is -2.42. The minimum absolute atomic E-state index is 0.191. The Kier molecular flexibility index (Phi) is 4.07. The highest BCUT2D eigenvalue weighted by atomic mass is 16.5. The van der Waals surface area contributed by atoms with Gasteiger partial charge >= 0.3 is 0 Å². The van der Waals surface area contributed by atoms with Gasteiger partial charge in [0.2, 0.25) is 0 Å². The average molecular weight is 252 g/mol. The molecule has 1 saturated heterocycles. The first kappa shape index (κ1) is 13.6. The van der Waals surface area contributed by atoms with E-state index in [0.717, 1.165) is 18.5 Å². The molecule has 0 aromatic carbocycles. The molecule has 1 fully saturated rings. The van der Waals surface area contributed by atoms with Crippen LogP contribution in [0.25, 0.3) is 0 Å². The van der Waals surface area contributed by atoms with Crippen molar-refractivity contribution in [3.63, 3.8) is 0 Å². The third kappa shape index (κ3) is 3.12. The summed E-state index contributed by atoms with van der Waals surface area (Å²) in [4.78, 5) is 0. The molecule has 0 amide bonds. The quantitative estimate of drug-likeness (QED) is 0.894. The zero-order chi connectivity index (χ0) is 13.2. The van der Waals surface area contributed by atoms with E-state index in [9.17, 15) is 5.11 Å². The monoisotopic (exact) mass is 252 g/mol. The van der Waals surface area contributed by atoms with Gasteiger partial charge in [0, 0.05) is 31.7 Å². The highest BCUT2D eigenvalue weighted by molar-refractivity contribution is 5.05. The zero-order valence-corrected chi connectivity index (χ0v) is 11.6. The Balaban J connectivity index is 2.02. The van der Waals surface area contributed by atoms with Crippen LogP contribution in [-0.4, -0.2) is 33.2 Å². The van der Waals surface area contributed by atoms with Crippen LogP contribution in [0.15, 0.2) is 12.3 Å². The molecule has 1 aromatic rings. The Morgan fingerprint density at radius 1 is 1.61 bits per heavy atom. The summed E-state index contributed by atoms with van der Waals surface area (Å²) in [6.45, 7) is 6.96. The maximum atomic E-state index is 10.6. The topological polar surface area (TPSA) is 47.3 Å². The molecule has 2 rings (SSSR count). The molecule has 4 heteroatoms. The van der Waals surface area contributed by atoms with E-state index in [-0.39, 0.29) is 6.10 Å². The molecule has 1 aliphatic rings. The molecule has 1 aromatic heterocycles. The van der Waals surface area contributed by atoms with Gasteiger partial charge in [0.25, 0.3) is 0 Å². The van der Waals surface area contributed by atoms with Crippen LogP contribution in [0.4, 0.5) is 0 Å². The normalized spacial score (nSPS) is 28.8. The fourth-order valence-electron chi connectivity index (χ4n) is 2.52. The summed E-state index contributed by atoms with van der Waals surface area (Å²) >= 11 is 0. The van der Waals surface area contributed by atoms with Crippen LogP contribution in [0.1, 0.15) is 51.8 Å². The number of hydrogen-bond acceptors (Lipinski definition) is 3. The van der Waals surface area contributed by atoms with Crippen LogP contribution in [0.2, 0.25) is 0 Å². The summed E-state index contributed by atoms with van der Waals surface area (Å²) in [6.07, 6.45) is 5.20. The second-order valence-electron chi connectivity index (χ2n) is 5.64. The predicted molar refractivity (Wildman–Crippen MR) is 70.5 cm³/mol. The van der Waals surface area contributed by atoms with Gasteiger partial charge < -0.3 is 9.84 Å². The van der Waals surface area contributed by atoms with Gasteiger partial charge in [-0.1, -0.05) is 6.92 Å². The van der Waals surface area contributed by atoms with Gasteiger partial charge in [-0.3, -0.25) is 4.68 Å². The third-order valence-corrected chi connectivity index (χ3v) is 3.69. The fourth-order valence-corrected chi connectivity index (χ4v) is 2.52. The van der Waals surface area contributed by atoms with Crippen LogP contribution in [0.5, 0.6) is 0 Å². The molecule has 0 saturated carbocycles. The van der Waals surface area contributed by atoms with Crippen molar-refractivity contribution in [2.75, 3.05) is 6.61 Å². The Morgan fingerprint density at radius 3 is 3.00 bits per heavy atom. The molecule has 102 valence electrons. The van der Waals surface area contributed by atoms with Gasteiger partial charge in [-0.05, 0) is 32.8 Å². The predicted octanol–water partition coefficient (Wildman–Crippen LogP) is 2.33. The highest BCUT2D eigenvalue weighted by Crippen LogP contribution is 2.29. The Hall–Kier alpha value is -0.870. The molecule has 0 spiro atoms.